The van der Waals surface area contributed by atoms with Gasteiger partial charge in [0.15, 0.2) is 0 Å². The summed E-state index contributed by atoms with van der Waals surface area (Å²) >= 11 is 0. The van der Waals surface area contributed by atoms with Crippen LogP contribution in [0.25, 0.3) is 0 Å². The normalized spacial score (nSPS) is 20.8. The SMILES string of the molecule is Cc1c(CNCC2CCOC2c2cnn(C)c2)cc(C#N)n1C. The maximum atomic E-state index is 9.10. The van der Waals surface area contributed by atoms with Gasteiger partial charge < -0.3 is 14.6 Å². The van der Waals surface area contributed by atoms with E-state index in [1.54, 1.807) is 0 Å². The number of aromatic nitrogens is 3. The van der Waals surface area contributed by atoms with Crippen LogP contribution in [0.3, 0.4) is 0 Å². The molecule has 2 atom stereocenters. The van der Waals surface area contributed by atoms with Crippen LogP contribution in [0, 0.1) is 24.2 Å². The minimum absolute atomic E-state index is 0.128. The van der Waals surface area contributed by atoms with Crippen LogP contribution in [0.1, 0.15) is 35.0 Å². The van der Waals surface area contributed by atoms with Crippen molar-refractivity contribution in [2.24, 2.45) is 20.0 Å². The van der Waals surface area contributed by atoms with Gasteiger partial charge in [0, 0.05) is 57.2 Å². The fourth-order valence-corrected chi connectivity index (χ4v) is 3.24. The van der Waals surface area contributed by atoms with Gasteiger partial charge in [-0.2, -0.15) is 10.4 Å². The summed E-state index contributed by atoms with van der Waals surface area (Å²) in [5, 5.41) is 16.9. The fraction of sp³-hybridized carbons (Fsp3) is 0.529. The molecule has 0 radical (unpaired) electrons. The third-order valence-corrected chi connectivity index (χ3v) is 4.74. The van der Waals surface area contributed by atoms with Crippen molar-refractivity contribution in [1.82, 2.24) is 19.7 Å². The first-order valence-electron chi connectivity index (χ1n) is 7.96. The number of nitrogens with one attached hydrogen (secondary N) is 1. The van der Waals surface area contributed by atoms with Crippen molar-refractivity contribution in [1.29, 1.82) is 5.26 Å². The zero-order valence-corrected chi connectivity index (χ0v) is 13.9. The highest BCUT2D eigenvalue weighted by atomic mass is 16.5. The van der Waals surface area contributed by atoms with Crippen LogP contribution >= 0.6 is 0 Å². The van der Waals surface area contributed by atoms with Gasteiger partial charge in [-0.3, -0.25) is 4.68 Å². The number of nitriles is 1. The number of hydrogen-bond donors (Lipinski definition) is 1. The molecule has 0 aromatic carbocycles. The van der Waals surface area contributed by atoms with Gasteiger partial charge in [0.05, 0.1) is 12.3 Å². The Kier molecular flexibility index (Phi) is 4.51. The molecule has 1 aliphatic heterocycles. The van der Waals surface area contributed by atoms with Crippen molar-refractivity contribution < 1.29 is 4.74 Å². The second-order valence-electron chi connectivity index (χ2n) is 6.23. The lowest BCUT2D eigenvalue weighted by molar-refractivity contribution is 0.0904. The van der Waals surface area contributed by atoms with E-state index in [4.69, 9.17) is 10.00 Å². The first-order chi connectivity index (χ1) is 11.1. The van der Waals surface area contributed by atoms with E-state index in [0.717, 1.165) is 37.4 Å². The molecule has 1 fully saturated rings. The Morgan fingerprint density at radius 3 is 2.96 bits per heavy atom. The summed E-state index contributed by atoms with van der Waals surface area (Å²) < 4.78 is 9.65. The average Bonchev–Trinajstić information content (AvgIpc) is 3.23. The van der Waals surface area contributed by atoms with E-state index in [-0.39, 0.29) is 6.10 Å². The van der Waals surface area contributed by atoms with Gasteiger partial charge in [-0.05, 0) is 25.0 Å². The molecule has 1 aliphatic rings. The summed E-state index contributed by atoms with van der Waals surface area (Å²) in [5.41, 5.74) is 4.18. The maximum Gasteiger partial charge on any atom is 0.120 e. The number of aryl methyl sites for hydroxylation is 1. The first-order valence-corrected chi connectivity index (χ1v) is 7.96. The molecular weight excluding hydrogens is 290 g/mol. The Bertz CT molecular complexity index is 724. The van der Waals surface area contributed by atoms with Gasteiger partial charge in [-0.25, -0.2) is 0 Å². The van der Waals surface area contributed by atoms with Crippen LogP contribution in [0.4, 0.5) is 0 Å². The lowest BCUT2D eigenvalue weighted by atomic mass is 9.97. The van der Waals surface area contributed by atoms with Crippen molar-refractivity contribution in [2.45, 2.75) is 26.0 Å². The summed E-state index contributed by atoms with van der Waals surface area (Å²) in [6.07, 6.45) is 5.11. The first kappa shape index (κ1) is 15.8. The predicted molar refractivity (Wildman–Crippen MR) is 86.6 cm³/mol. The minimum Gasteiger partial charge on any atom is -0.373 e. The van der Waals surface area contributed by atoms with Gasteiger partial charge in [-0.1, -0.05) is 0 Å². The third kappa shape index (κ3) is 3.16. The molecule has 0 spiro atoms. The zero-order valence-electron chi connectivity index (χ0n) is 13.9. The van der Waals surface area contributed by atoms with E-state index in [1.807, 2.05) is 41.8 Å². The quantitative estimate of drug-likeness (QED) is 0.914. The summed E-state index contributed by atoms with van der Waals surface area (Å²) in [5.74, 6) is 0.457. The van der Waals surface area contributed by atoms with Crippen LogP contribution in [-0.2, 0) is 25.4 Å². The minimum atomic E-state index is 0.128. The number of hydrogen-bond acceptors (Lipinski definition) is 4. The molecule has 0 aliphatic carbocycles. The largest absolute Gasteiger partial charge is 0.373 e. The zero-order chi connectivity index (χ0) is 16.4. The Morgan fingerprint density at radius 2 is 2.30 bits per heavy atom. The molecule has 2 unspecified atom stereocenters. The molecule has 1 N–H and O–H groups in total. The lowest BCUT2D eigenvalue weighted by Gasteiger charge is -2.17. The highest BCUT2D eigenvalue weighted by molar-refractivity contribution is 5.34. The Labute approximate surface area is 136 Å². The molecule has 0 bridgehead atoms. The molecule has 2 aromatic heterocycles. The molecule has 6 nitrogen and oxygen atoms in total. The van der Waals surface area contributed by atoms with Crippen LogP contribution in [-0.4, -0.2) is 27.5 Å². The van der Waals surface area contributed by atoms with E-state index in [2.05, 4.69) is 23.4 Å². The van der Waals surface area contributed by atoms with Gasteiger partial charge in [0.2, 0.25) is 0 Å². The van der Waals surface area contributed by atoms with E-state index < -0.39 is 0 Å². The van der Waals surface area contributed by atoms with Crippen LogP contribution < -0.4 is 5.32 Å². The van der Waals surface area contributed by atoms with Gasteiger partial charge in [0.1, 0.15) is 11.8 Å². The van der Waals surface area contributed by atoms with Crippen molar-refractivity contribution in [3.05, 3.63) is 41.0 Å². The monoisotopic (exact) mass is 313 g/mol. The fourth-order valence-electron chi connectivity index (χ4n) is 3.24. The van der Waals surface area contributed by atoms with Crippen molar-refractivity contribution in [3.63, 3.8) is 0 Å². The topological polar surface area (TPSA) is 67.8 Å². The molecule has 0 saturated carbocycles. The maximum absolute atomic E-state index is 9.10. The van der Waals surface area contributed by atoms with Gasteiger partial charge in [-0.15, -0.1) is 0 Å². The predicted octanol–water partition coefficient (Wildman–Crippen LogP) is 1.81. The summed E-state index contributed by atoms with van der Waals surface area (Å²) in [6, 6.07) is 4.19. The number of ether oxygens (including phenoxy) is 1. The molecule has 2 aromatic rings. The summed E-state index contributed by atoms with van der Waals surface area (Å²) in [6.45, 7) is 4.53. The Hall–Kier alpha value is -2.10. The molecule has 3 rings (SSSR count). The Balaban J connectivity index is 1.59. The van der Waals surface area contributed by atoms with E-state index in [1.165, 1.54) is 5.56 Å². The third-order valence-electron chi connectivity index (χ3n) is 4.74. The van der Waals surface area contributed by atoms with E-state index >= 15 is 0 Å². The average molecular weight is 313 g/mol. The van der Waals surface area contributed by atoms with Crippen LogP contribution in [0.2, 0.25) is 0 Å². The van der Waals surface area contributed by atoms with Crippen molar-refractivity contribution >= 4 is 0 Å². The molecule has 0 amide bonds. The number of rotatable bonds is 5. The second-order valence-corrected chi connectivity index (χ2v) is 6.23. The lowest BCUT2D eigenvalue weighted by Crippen LogP contribution is -2.24. The molecule has 6 heteroatoms. The van der Waals surface area contributed by atoms with Crippen LogP contribution in [0.15, 0.2) is 18.5 Å². The Morgan fingerprint density at radius 1 is 1.48 bits per heavy atom. The molecular formula is C17H23N5O. The molecule has 122 valence electrons. The van der Waals surface area contributed by atoms with E-state index in [0.29, 0.717) is 11.6 Å². The standard InChI is InChI=1S/C17H23N5O/c1-12-14(6-16(7-18)22(12)3)9-19-8-13-4-5-23-17(13)15-10-20-21(2)11-15/h6,10-11,13,17,19H,4-5,8-9H2,1-3H3. The second kappa shape index (κ2) is 6.57. The van der Waals surface area contributed by atoms with Gasteiger partial charge >= 0.3 is 0 Å². The van der Waals surface area contributed by atoms with Gasteiger partial charge in [0.25, 0.3) is 0 Å². The van der Waals surface area contributed by atoms with Crippen molar-refractivity contribution in [2.75, 3.05) is 13.2 Å². The molecule has 3 heterocycles. The summed E-state index contributed by atoms with van der Waals surface area (Å²) in [4.78, 5) is 0. The highest BCUT2D eigenvalue weighted by Crippen LogP contribution is 2.33. The smallest absolute Gasteiger partial charge is 0.120 e. The van der Waals surface area contributed by atoms with E-state index in [9.17, 15) is 0 Å². The number of nitrogens with zero attached hydrogens (tertiary/aromatic N) is 4. The van der Waals surface area contributed by atoms with Crippen molar-refractivity contribution in [3.8, 4) is 6.07 Å². The summed E-state index contributed by atoms with van der Waals surface area (Å²) in [7, 11) is 3.86. The molecule has 1 saturated heterocycles. The highest BCUT2D eigenvalue weighted by Gasteiger charge is 2.30. The molecule has 23 heavy (non-hydrogen) atoms. The van der Waals surface area contributed by atoms with Crippen LogP contribution in [0.5, 0.6) is 0 Å².